The number of ether oxygens (including phenoxy) is 3. The second kappa shape index (κ2) is 58.0. The van der Waals surface area contributed by atoms with Crippen LogP contribution in [0, 0.1) is 0 Å². The van der Waals surface area contributed by atoms with Gasteiger partial charge in [-0.25, -0.2) is 0 Å². The van der Waals surface area contributed by atoms with Crippen LogP contribution in [-0.2, 0) is 23.8 Å². The Balaban J connectivity index is 4.14. The number of carbonyl (C=O) groups excluding carboxylic acids is 2. The van der Waals surface area contributed by atoms with Crippen molar-refractivity contribution in [3.63, 3.8) is 0 Å². The Bertz CT molecular complexity index is 963. The molecule has 0 saturated carbocycles. The molecule has 0 aliphatic carbocycles. The Morgan fingerprint density at radius 1 is 0.318 bits per heavy atom. The number of esters is 2. The summed E-state index contributed by atoms with van der Waals surface area (Å²) in [7, 11) is 0. The third-order valence-corrected chi connectivity index (χ3v) is 13.8. The largest absolute Gasteiger partial charge is 0.462 e. The first kappa shape index (κ1) is 64.6. The van der Waals surface area contributed by atoms with Crippen LogP contribution in [0.2, 0.25) is 0 Å². The van der Waals surface area contributed by atoms with Crippen molar-refractivity contribution >= 4 is 11.9 Å². The summed E-state index contributed by atoms with van der Waals surface area (Å²) in [5, 5.41) is 0. The molecule has 0 aliphatic rings. The lowest BCUT2D eigenvalue weighted by Crippen LogP contribution is -2.30. The average molecular weight is 932 g/mol. The summed E-state index contributed by atoms with van der Waals surface area (Å²) in [6.45, 7) is 7.90. The van der Waals surface area contributed by atoms with Gasteiger partial charge in [-0.2, -0.15) is 0 Å². The Kier molecular flexibility index (Phi) is 56.8. The second-order valence-corrected chi connectivity index (χ2v) is 20.6. The minimum Gasteiger partial charge on any atom is -0.462 e. The van der Waals surface area contributed by atoms with Crippen molar-refractivity contribution in [2.75, 3.05) is 19.8 Å². The molecule has 0 radical (unpaired) electrons. The van der Waals surface area contributed by atoms with E-state index in [2.05, 4.69) is 32.9 Å². The van der Waals surface area contributed by atoms with Crippen LogP contribution >= 0.6 is 0 Å². The van der Waals surface area contributed by atoms with Crippen molar-refractivity contribution in [1.29, 1.82) is 0 Å². The maximum absolute atomic E-state index is 12.8. The molecule has 1 atom stereocenters. The molecule has 0 bridgehead atoms. The Hall–Kier alpha value is -1.36. The van der Waals surface area contributed by atoms with Crippen LogP contribution in [-0.4, -0.2) is 37.9 Å². The van der Waals surface area contributed by atoms with Crippen LogP contribution in [0.4, 0.5) is 0 Å². The van der Waals surface area contributed by atoms with Gasteiger partial charge in [-0.3, -0.25) is 9.59 Å². The van der Waals surface area contributed by atoms with Crippen LogP contribution in [0.25, 0.3) is 0 Å². The number of rotatable bonds is 57. The van der Waals surface area contributed by atoms with E-state index in [1.54, 1.807) is 0 Å². The number of hydrogen-bond donors (Lipinski definition) is 0. The van der Waals surface area contributed by atoms with E-state index in [-0.39, 0.29) is 18.5 Å². The monoisotopic (exact) mass is 931 g/mol. The molecule has 0 heterocycles. The van der Waals surface area contributed by atoms with Crippen LogP contribution in [0.15, 0.2) is 12.2 Å². The Morgan fingerprint density at radius 2 is 0.591 bits per heavy atom. The molecule has 0 amide bonds. The fraction of sp³-hybridized carbons (Fsp3) is 0.934. The van der Waals surface area contributed by atoms with Crippen molar-refractivity contribution in [1.82, 2.24) is 0 Å². The zero-order chi connectivity index (χ0) is 47.7. The van der Waals surface area contributed by atoms with Gasteiger partial charge in [0.05, 0.1) is 6.61 Å². The molecule has 0 N–H and O–H groups in total. The first-order valence-electron chi connectivity index (χ1n) is 30.2. The van der Waals surface area contributed by atoms with Crippen LogP contribution < -0.4 is 0 Å². The number of allylic oxidation sites excluding steroid dienone is 2. The lowest BCUT2D eigenvalue weighted by molar-refractivity contribution is -0.163. The summed E-state index contributed by atoms with van der Waals surface area (Å²) in [4.78, 5) is 25.5. The van der Waals surface area contributed by atoms with Gasteiger partial charge < -0.3 is 14.2 Å². The van der Waals surface area contributed by atoms with E-state index in [0.717, 1.165) is 44.9 Å². The molecule has 0 aromatic heterocycles. The van der Waals surface area contributed by atoms with Crippen LogP contribution in [0.5, 0.6) is 0 Å². The van der Waals surface area contributed by atoms with Crippen molar-refractivity contribution in [3.05, 3.63) is 12.2 Å². The topological polar surface area (TPSA) is 61.8 Å². The zero-order valence-corrected chi connectivity index (χ0v) is 45.2. The highest BCUT2D eigenvalue weighted by atomic mass is 16.6. The molecule has 0 unspecified atom stereocenters. The SMILES string of the molecule is CCCCCC/C=C\CCCCCCCC(=O)O[C@H](COCCCCCCCCCCCCCCCCCC)COC(=O)CCCCCCCCCCCCCCCCCCCCCCC. The van der Waals surface area contributed by atoms with E-state index in [9.17, 15) is 9.59 Å². The summed E-state index contributed by atoms with van der Waals surface area (Å²) in [5.41, 5.74) is 0. The highest BCUT2D eigenvalue weighted by Crippen LogP contribution is 2.17. The van der Waals surface area contributed by atoms with Gasteiger partial charge in [-0.1, -0.05) is 296 Å². The van der Waals surface area contributed by atoms with Gasteiger partial charge in [0, 0.05) is 19.4 Å². The third kappa shape index (κ3) is 55.2. The van der Waals surface area contributed by atoms with Crippen molar-refractivity contribution in [3.8, 4) is 0 Å². The molecule has 0 spiro atoms. The summed E-state index contributed by atoms with van der Waals surface area (Å²) in [6.07, 6.45) is 68.1. The molecular weight excluding hydrogens is 813 g/mol. The van der Waals surface area contributed by atoms with Gasteiger partial charge in [-0.05, 0) is 44.9 Å². The standard InChI is InChI=1S/C61H118O5/c1-4-7-10-13-16-19-22-25-27-29-30-31-32-33-34-37-39-42-45-48-51-54-60(62)65-58-59(66-61(63)55-52-49-46-43-40-36-24-21-18-15-12-9-6-3)57-64-56-53-50-47-44-41-38-35-28-26-23-20-17-14-11-8-5-2/h21,24,59H,4-20,22-23,25-58H2,1-3H3/b24-21-/t59-/m1/s1. The lowest BCUT2D eigenvalue weighted by Gasteiger charge is -2.18. The number of unbranched alkanes of at least 4 members (excludes halogenated alkanes) is 44. The second-order valence-electron chi connectivity index (χ2n) is 20.6. The molecule has 0 aromatic rings. The Morgan fingerprint density at radius 3 is 0.939 bits per heavy atom. The molecule has 66 heavy (non-hydrogen) atoms. The predicted octanol–water partition coefficient (Wildman–Crippen LogP) is 20.6. The lowest BCUT2D eigenvalue weighted by atomic mass is 10.0. The smallest absolute Gasteiger partial charge is 0.306 e. The number of hydrogen-bond acceptors (Lipinski definition) is 5. The Labute approximate surface area is 414 Å². The molecule has 0 saturated heterocycles. The first-order chi connectivity index (χ1) is 32.6. The van der Waals surface area contributed by atoms with Gasteiger partial charge in [-0.15, -0.1) is 0 Å². The molecule has 0 rings (SSSR count). The van der Waals surface area contributed by atoms with Crippen molar-refractivity contribution < 1.29 is 23.8 Å². The molecule has 0 aromatic carbocycles. The van der Waals surface area contributed by atoms with E-state index in [1.165, 1.54) is 263 Å². The van der Waals surface area contributed by atoms with E-state index < -0.39 is 6.10 Å². The summed E-state index contributed by atoms with van der Waals surface area (Å²) < 4.78 is 17.5. The fourth-order valence-electron chi connectivity index (χ4n) is 9.27. The van der Waals surface area contributed by atoms with E-state index in [4.69, 9.17) is 14.2 Å². The van der Waals surface area contributed by atoms with Crippen LogP contribution in [0.3, 0.4) is 0 Å². The predicted molar refractivity (Wildman–Crippen MR) is 289 cm³/mol. The molecule has 0 aliphatic heterocycles. The van der Waals surface area contributed by atoms with E-state index >= 15 is 0 Å². The average Bonchev–Trinajstić information content (AvgIpc) is 3.32. The van der Waals surface area contributed by atoms with Crippen molar-refractivity contribution in [2.24, 2.45) is 0 Å². The normalized spacial score (nSPS) is 12.1. The van der Waals surface area contributed by atoms with Gasteiger partial charge in [0.1, 0.15) is 6.61 Å². The molecule has 5 nitrogen and oxygen atoms in total. The van der Waals surface area contributed by atoms with Gasteiger partial charge >= 0.3 is 11.9 Å². The van der Waals surface area contributed by atoms with Crippen molar-refractivity contribution in [2.45, 2.75) is 348 Å². The maximum Gasteiger partial charge on any atom is 0.306 e. The summed E-state index contributed by atoms with van der Waals surface area (Å²) in [5.74, 6) is -0.379. The molecule has 392 valence electrons. The van der Waals surface area contributed by atoms with Gasteiger partial charge in [0.25, 0.3) is 0 Å². The minimum atomic E-state index is -0.531. The van der Waals surface area contributed by atoms with E-state index in [0.29, 0.717) is 26.1 Å². The quantitative estimate of drug-likeness (QED) is 0.0345. The fourth-order valence-corrected chi connectivity index (χ4v) is 9.27. The highest BCUT2D eigenvalue weighted by Gasteiger charge is 2.17. The van der Waals surface area contributed by atoms with E-state index in [1.807, 2.05) is 0 Å². The third-order valence-electron chi connectivity index (χ3n) is 13.8. The molecule has 0 fully saturated rings. The van der Waals surface area contributed by atoms with Gasteiger partial charge in [0.2, 0.25) is 0 Å². The van der Waals surface area contributed by atoms with Crippen LogP contribution in [0.1, 0.15) is 342 Å². The first-order valence-corrected chi connectivity index (χ1v) is 30.2. The highest BCUT2D eigenvalue weighted by molar-refractivity contribution is 5.70. The minimum absolute atomic E-state index is 0.0922. The van der Waals surface area contributed by atoms with Gasteiger partial charge in [0.15, 0.2) is 6.10 Å². The molecule has 5 heteroatoms. The molecular formula is C61H118O5. The summed E-state index contributed by atoms with van der Waals surface area (Å²) >= 11 is 0. The zero-order valence-electron chi connectivity index (χ0n) is 45.2. The number of carbonyl (C=O) groups is 2. The summed E-state index contributed by atoms with van der Waals surface area (Å²) in [6, 6.07) is 0. The maximum atomic E-state index is 12.8.